The van der Waals surface area contributed by atoms with E-state index in [-0.39, 0.29) is 25.3 Å². The van der Waals surface area contributed by atoms with Gasteiger partial charge >= 0.3 is 0 Å². The van der Waals surface area contributed by atoms with Crippen LogP contribution in [0.3, 0.4) is 0 Å². The van der Waals surface area contributed by atoms with Crippen molar-refractivity contribution in [3.63, 3.8) is 0 Å². The number of fused-ring (bicyclic) bond motifs is 1. The molecule has 120 valence electrons. The Kier molecular flexibility index (Phi) is 5.00. The van der Waals surface area contributed by atoms with Crippen LogP contribution in [0.1, 0.15) is 11.1 Å². The average molecular weight is 324 g/mol. The van der Waals surface area contributed by atoms with E-state index in [0.29, 0.717) is 5.56 Å². The number of nitrogens with zero attached hydrogens (tertiary/aromatic N) is 1. The average Bonchev–Trinajstić information content (AvgIpc) is 2.43. The molecular weight excluding hydrogens is 304 g/mol. The highest BCUT2D eigenvalue weighted by Gasteiger charge is 2.18. The van der Waals surface area contributed by atoms with Crippen LogP contribution in [0, 0.1) is 6.92 Å². The van der Waals surface area contributed by atoms with Crippen molar-refractivity contribution in [3.05, 3.63) is 45.7 Å². The highest BCUT2D eigenvalue weighted by molar-refractivity contribution is 7.88. The molecule has 1 N–H and O–H groups in total. The molecule has 0 aliphatic heterocycles. The summed E-state index contributed by atoms with van der Waals surface area (Å²) in [5, 5.41) is 0.884. The molecule has 7 heteroatoms. The van der Waals surface area contributed by atoms with Gasteiger partial charge in [-0.05, 0) is 30.5 Å². The zero-order chi connectivity index (χ0) is 16.3. The van der Waals surface area contributed by atoms with Gasteiger partial charge in [0.2, 0.25) is 10.0 Å². The van der Waals surface area contributed by atoms with Gasteiger partial charge in [-0.3, -0.25) is 4.79 Å². The zero-order valence-corrected chi connectivity index (χ0v) is 13.7. The highest BCUT2D eigenvalue weighted by Crippen LogP contribution is 2.14. The minimum atomic E-state index is -3.41. The molecule has 0 radical (unpaired) electrons. The van der Waals surface area contributed by atoms with E-state index >= 15 is 0 Å². The molecule has 1 heterocycles. The number of hydrogen-bond donors (Lipinski definition) is 1. The quantitative estimate of drug-likeness (QED) is 0.867. The molecule has 0 saturated carbocycles. The summed E-state index contributed by atoms with van der Waals surface area (Å²) in [6.45, 7) is 2.48. The van der Waals surface area contributed by atoms with Crippen molar-refractivity contribution in [1.82, 2.24) is 9.29 Å². The highest BCUT2D eigenvalue weighted by atomic mass is 32.2. The number of benzene rings is 1. The first-order valence-corrected chi connectivity index (χ1v) is 8.72. The summed E-state index contributed by atoms with van der Waals surface area (Å²) in [6.07, 6.45) is 1.13. The Labute approximate surface area is 129 Å². The van der Waals surface area contributed by atoms with Crippen molar-refractivity contribution in [3.8, 4) is 0 Å². The second-order valence-electron chi connectivity index (χ2n) is 5.30. The lowest BCUT2D eigenvalue weighted by atomic mass is 10.1. The third kappa shape index (κ3) is 3.94. The van der Waals surface area contributed by atoms with Gasteiger partial charge in [0.05, 0.1) is 12.9 Å². The predicted octanol–water partition coefficient (Wildman–Crippen LogP) is 1.24. The second kappa shape index (κ2) is 6.60. The lowest BCUT2D eigenvalue weighted by Gasteiger charge is -2.19. The molecule has 0 aliphatic rings. The summed E-state index contributed by atoms with van der Waals surface area (Å²) in [5.74, 6) is 0. The molecular formula is C15H20N2O4S. The maximum absolute atomic E-state index is 12.1. The summed E-state index contributed by atoms with van der Waals surface area (Å²) in [4.78, 5) is 14.9. The fraction of sp³-hybridized carbons (Fsp3) is 0.400. The van der Waals surface area contributed by atoms with E-state index in [0.717, 1.165) is 22.7 Å². The van der Waals surface area contributed by atoms with Crippen LogP contribution in [0.15, 0.2) is 29.1 Å². The van der Waals surface area contributed by atoms with Gasteiger partial charge in [-0.2, -0.15) is 4.31 Å². The Hall–Kier alpha value is -1.70. The van der Waals surface area contributed by atoms with Crippen molar-refractivity contribution in [2.75, 3.05) is 26.5 Å². The normalized spacial score (nSPS) is 12.2. The number of ether oxygens (including phenoxy) is 1. The predicted molar refractivity (Wildman–Crippen MR) is 86.4 cm³/mol. The van der Waals surface area contributed by atoms with Gasteiger partial charge in [0.15, 0.2) is 0 Å². The third-order valence-electron chi connectivity index (χ3n) is 3.44. The molecule has 22 heavy (non-hydrogen) atoms. The zero-order valence-electron chi connectivity index (χ0n) is 12.9. The number of sulfonamides is 1. The molecule has 0 aliphatic carbocycles. The number of pyridine rings is 1. The SMILES string of the molecule is COCCN(Cc1cc2cc(C)ccc2[nH]c1=O)S(C)(=O)=O. The van der Waals surface area contributed by atoms with Crippen LogP contribution in [-0.2, 0) is 21.3 Å². The van der Waals surface area contributed by atoms with E-state index in [4.69, 9.17) is 4.74 Å². The smallest absolute Gasteiger partial charge is 0.252 e. The number of aryl methyl sites for hydroxylation is 1. The van der Waals surface area contributed by atoms with Crippen LogP contribution < -0.4 is 5.56 Å². The van der Waals surface area contributed by atoms with E-state index in [1.54, 1.807) is 6.07 Å². The van der Waals surface area contributed by atoms with Crippen LogP contribution in [0.4, 0.5) is 0 Å². The van der Waals surface area contributed by atoms with Crippen molar-refractivity contribution in [2.45, 2.75) is 13.5 Å². The topological polar surface area (TPSA) is 79.5 Å². The number of nitrogens with one attached hydrogen (secondary N) is 1. The number of H-pyrrole nitrogens is 1. The van der Waals surface area contributed by atoms with E-state index < -0.39 is 10.0 Å². The number of methoxy groups -OCH3 is 1. The molecule has 0 bridgehead atoms. The largest absolute Gasteiger partial charge is 0.383 e. The molecule has 0 atom stereocenters. The fourth-order valence-corrected chi connectivity index (χ4v) is 3.01. The molecule has 0 saturated heterocycles. The monoisotopic (exact) mass is 324 g/mol. The van der Waals surface area contributed by atoms with Gasteiger partial charge in [0.1, 0.15) is 0 Å². The van der Waals surface area contributed by atoms with Crippen LogP contribution in [0.25, 0.3) is 10.9 Å². The van der Waals surface area contributed by atoms with Crippen molar-refractivity contribution in [1.29, 1.82) is 0 Å². The van der Waals surface area contributed by atoms with E-state index in [1.165, 1.54) is 11.4 Å². The summed E-state index contributed by atoms with van der Waals surface area (Å²) in [6, 6.07) is 7.45. The first-order chi connectivity index (χ1) is 10.3. The maximum Gasteiger partial charge on any atom is 0.252 e. The lowest BCUT2D eigenvalue weighted by Crippen LogP contribution is -2.34. The van der Waals surface area contributed by atoms with Gasteiger partial charge in [0, 0.05) is 31.3 Å². The van der Waals surface area contributed by atoms with E-state index in [1.807, 2.05) is 25.1 Å². The lowest BCUT2D eigenvalue weighted by molar-refractivity contribution is 0.177. The molecule has 2 aromatic rings. The Morgan fingerprint density at radius 2 is 2.00 bits per heavy atom. The minimum Gasteiger partial charge on any atom is -0.383 e. The summed E-state index contributed by atoms with van der Waals surface area (Å²) in [5.41, 5.74) is 1.95. The first kappa shape index (κ1) is 16.7. The van der Waals surface area contributed by atoms with Crippen molar-refractivity contribution in [2.24, 2.45) is 0 Å². The number of hydrogen-bond acceptors (Lipinski definition) is 4. The van der Waals surface area contributed by atoms with E-state index in [2.05, 4.69) is 4.98 Å². The van der Waals surface area contributed by atoms with Crippen molar-refractivity contribution >= 4 is 20.9 Å². The van der Waals surface area contributed by atoms with Crippen LogP contribution >= 0.6 is 0 Å². The second-order valence-corrected chi connectivity index (χ2v) is 7.29. The molecule has 2 rings (SSSR count). The maximum atomic E-state index is 12.1. The molecule has 1 aromatic heterocycles. The van der Waals surface area contributed by atoms with Crippen LogP contribution in [0.5, 0.6) is 0 Å². The number of rotatable bonds is 6. The van der Waals surface area contributed by atoms with E-state index in [9.17, 15) is 13.2 Å². The molecule has 0 spiro atoms. The fourth-order valence-electron chi connectivity index (χ4n) is 2.23. The van der Waals surface area contributed by atoms with Gasteiger partial charge in [0.25, 0.3) is 5.56 Å². The minimum absolute atomic E-state index is 0.0292. The van der Waals surface area contributed by atoms with Crippen LogP contribution in [0.2, 0.25) is 0 Å². The van der Waals surface area contributed by atoms with Gasteiger partial charge < -0.3 is 9.72 Å². The number of aromatic nitrogens is 1. The van der Waals surface area contributed by atoms with Gasteiger partial charge in [-0.25, -0.2) is 8.42 Å². The standard InChI is InChI=1S/C15H20N2O4S/c1-11-4-5-14-12(8-11)9-13(15(18)16-14)10-17(6-7-21-2)22(3,19)20/h4-5,8-9H,6-7,10H2,1-3H3,(H,16,18). The summed E-state index contributed by atoms with van der Waals surface area (Å²) < 4.78 is 29.8. The third-order valence-corrected chi connectivity index (χ3v) is 4.69. The van der Waals surface area contributed by atoms with Gasteiger partial charge in [-0.1, -0.05) is 11.6 Å². The van der Waals surface area contributed by atoms with Crippen molar-refractivity contribution < 1.29 is 13.2 Å². The summed E-state index contributed by atoms with van der Waals surface area (Å²) in [7, 11) is -1.91. The molecule has 6 nitrogen and oxygen atoms in total. The molecule has 0 fully saturated rings. The Bertz CT molecular complexity index is 827. The molecule has 0 amide bonds. The Morgan fingerprint density at radius 1 is 1.27 bits per heavy atom. The summed E-state index contributed by atoms with van der Waals surface area (Å²) >= 11 is 0. The number of aromatic amines is 1. The van der Waals surface area contributed by atoms with Gasteiger partial charge in [-0.15, -0.1) is 0 Å². The molecule has 1 aromatic carbocycles. The Balaban J connectivity index is 2.40. The first-order valence-electron chi connectivity index (χ1n) is 6.88. The van der Waals surface area contributed by atoms with Crippen LogP contribution in [-0.4, -0.2) is 44.2 Å². The molecule has 0 unspecified atom stereocenters. The Morgan fingerprint density at radius 3 is 2.64 bits per heavy atom.